The average molecular weight is 422 g/mol. The van der Waals surface area contributed by atoms with Crippen LogP contribution in [0.1, 0.15) is 74.2 Å². The predicted molar refractivity (Wildman–Crippen MR) is 132 cm³/mol. The van der Waals surface area contributed by atoms with Gasteiger partial charge >= 0.3 is 0 Å². The molecule has 0 unspecified atom stereocenters. The van der Waals surface area contributed by atoms with Gasteiger partial charge in [-0.3, -0.25) is 4.79 Å². The van der Waals surface area contributed by atoms with Crippen molar-refractivity contribution in [2.24, 2.45) is 0 Å². The summed E-state index contributed by atoms with van der Waals surface area (Å²) < 4.78 is 0. The number of aryl methyl sites for hydroxylation is 2. The molecule has 0 saturated heterocycles. The number of aromatic amines is 1. The quantitative estimate of drug-likeness (QED) is 0.315. The second-order valence-corrected chi connectivity index (χ2v) is 7.98. The Hall–Kier alpha value is -2.46. The van der Waals surface area contributed by atoms with Crippen molar-refractivity contribution < 1.29 is 0 Å². The standard InChI is InChI=1S/C27H39N3O/c1-4-6-7-8-9-10-14-19-28-20-15-13-18-24-25(5-2)29-26(30-27(24)31)21-23-17-12-11-16-22(23)3/h6-7,9-12,16-17,28H,4-5,8,13-15,18-21H2,1-3H3,(H,29,30,31)/b7-6-,10-9-. The fourth-order valence-electron chi connectivity index (χ4n) is 3.64. The molecule has 2 rings (SSSR count). The van der Waals surface area contributed by atoms with Crippen molar-refractivity contribution in [3.05, 3.63) is 87.1 Å². The van der Waals surface area contributed by atoms with Crippen LogP contribution in [0.5, 0.6) is 0 Å². The van der Waals surface area contributed by atoms with Gasteiger partial charge in [0.05, 0.1) is 5.69 Å². The number of aromatic nitrogens is 2. The van der Waals surface area contributed by atoms with E-state index in [0.717, 1.165) is 75.1 Å². The highest BCUT2D eigenvalue weighted by molar-refractivity contribution is 5.29. The molecule has 0 amide bonds. The van der Waals surface area contributed by atoms with Gasteiger partial charge in [0.25, 0.3) is 5.56 Å². The first-order valence-corrected chi connectivity index (χ1v) is 11.8. The van der Waals surface area contributed by atoms with Gasteiger partial charge in [-0.05, 0) is 76.1 Å². The second kappa shape index (κ2) is 14.5. The number of rotatable bonds is 14. The van der Waals surface area contributed by atoms with Gasteiger partial charge in [0.15, 0.2) is 0 Å². The van der Waals surface area contributed by atoms with Crippen LogP contribution in [0.4, 0.5) is 0 Å². The molecule has 0 aliphatic carbocycles. The SMILES string of the molecule is CC/C=C\C/C=C\CCNCCCCc1c(CC)nc(Cc2ccccc2C)[nH]c1=O. The van der Waals surface area contributed by atoms with Crippen LogP contribution in [0.2, 0.25) is 0 Å². The maximum atomic E-state index is 12.7. The topological polar surface area (TPSA) is 57.8 Å². The Morgan fingerprint density at radius 3 is 2.61 bits per heavy atom. The average Bonchev–Trinajstić information content (AvgIpc) is 2.77. The number of H-pyrrole nitrogens is 1. The van der Waals surface area contributed by atoms with Crippen LogP contribution in [0, 0.1) is 6.92 Å². The maximum absolute atomic E-state index is 12.7. The molecule has 168 valence electrons. The first kappa shape index (κ1) is 24.8. The molecule has 0 aliphatic heterocycles. The Labute approximate surface area is 187 Å². The van der Waals surface area contributed by atoms with Crippen molar-refractivity contribution in [1.29, 1.82) is 0 Å². The molecule has 4 heteroatoms. The van der Waals surface area contributed by atoms with E-state index in [4.69, 9.17) is 4.98 Å². The summed E-state index contributed by atoms with van der Waals surface area (Å²) in [5.41, 5.74) is 4.27. The van der Waals surface area contributed by atoms with Gasteiger partial charge in [0.1, 0.15) is 5.82 Å². The second-order valence-electron chi connectivity index (χ2n) is 7.98. The molecule has 1 aromatic carbocycles. The molecule has 1 aromatic heterocycles. The molecule has 0 saturated carbocycles. The van der Waals surface area contributed by atoms with Crippen LogP contribution in [-0.4, -0.2) is 23.1 Å². The van der Waals surface area contributed by atoms with Crippen molar-refractivity contribution in [1.82, 2.24) is 15.3 Å². The van der Waals surface area contributed by atoms with E-state index in [1.807, 2.05) is 12.1 Å². The van der Waals surface area contributed by atoms with Gasteiger partial charge in [-0.1, -0.05) is 62.4 Å². The predicted octanol–water partition coefficient (Wildman–Crippen LogP) is 5.45. The van der Waals surface area contributed by atoms with Gasteiger partial charge in [0.2, 0.25) is 0 Å². The molecule has 0 bridgehead atoms. The number of benzene rings is 1. The minimum atomic E-state index is 0.0330. The van der Waals surface area contributed by atoms with E-state index >= 15 is 0 Å². The first-order valence-electron chi connectivity index (χ1n) is 11.8. The summed E-state index contributed by atoms with van der Waals surface area (Å²) in [5.74, 6) is 0.764. The van der Waals surface area contributed by atoms with Crippen LogP contribution in [-0.2, 0) is 19.3 Å². The van der Waals surface area contributed by atoms with Gasteiger partial charge in [-0.15, -0.1) is 0 Å². The molecule has 0 atom stereocenters. The molecule has 4 nitrogen and oxygen atoms in total. The van der Waals surface area contributed by atoms with Gasteiger partial charge in [-0.2, -0.15) is 0 Å². The number of nitrogens with one attached hydrogen (secondary N) is 2. The molecule has 0 radical (unpaired) electrons. The zero-order valence-corrected chi connectivity index (χ0v) is 19.5. The minimum absolute atomic E-state index is 0.0330. The Morgan fingerprint density at radius 2 is 1.84 bits per heavy atom. The molecule has 0 fully saturated rings. The summed E-state index contributed by atoms with van der Waals surface area (Å²) in [6, 6.07) is 8.26. The lowest BCUT2D eigenvalue weighted by molar-refractivity contribution is 0.622. The zero-order valence-electron chi connectivity index (χ0n) is 19.5. The highest BCUT2D eigenvalue weighted by Crippen LogP contribution is 2.12. The van der Waals surface area contributed by atoms with E-state index in [0.29, 0.717) is 6.42 Å². The Morgan fingerprint density at radius 1 is 1.03 bits per heavy atom. The largest absolute Gasteiger partial charge is 0.316 e. The summed E-state index contributed by atoms with van der Waals surface area (Å²) in [4.78, 5) is 20.5. The molecule has 2 aromatic rings. The maximum Gasteiger partial charge on any atom is 0.254 e. The van der Waals surface area contributed by atoms with Crippen LogP contribution in [0.25, 0.3) is 0 Å². The van der Waals surface area contributed by atoms with Crippen LogP contribution in [0.3, 0.4) is 0 Å². The van der Waals surface area contributed by atoms with Crippen molar-refractivity contribution in [2.45, 2.75) is 72.1 Å². The molecule has 2 N–H and O–H groups in total. The summed E-state index contributed by atoms with van der Waals surface area (Å²) in [6.07, 6.45) is 16.4. The third-order valence-corrected chi connectivity index (χ3v) is 5.46. The monoisotopic (exact) mass is 421 g/mol. The first-order chi connectivity index (χ1) is 15.2. The normalized spacial score (nSPS) is 11.7. The van der Waals surface area contributed by atoms with Crippen molar-refractivity contribution in [3.63, 3.8) is 0 Å². The van der Waals surface area contributed by atoms with E-state index in [-0.39, 0.29) is 5.56 Å². The van der Waals surface area contributed by atoms with Gasteiger partial charge < -0.3 is 10.3 Å². The Bertz CT molecular complexity index is 896. The number of hydrogen-bond acceptors (Lipinski definition) is 3. The Balaban J connectivity index is 1.76. The number of unbranched alkanes of at least 4 members (excludes halogenated alkanes) is 1. The number of allylic oxidation sites excluding steroid dienone is 3. The summed E-state index contributed by atoms with van der Waals surface area (Å²) in [7, 11) is 0. The molecular formula is C27H39N3O. The Kier molecular flexibility index (Phi) is 11.6. The molecular weight excluding hydrogens is 382 g/mol. The summed E-state index contributed by atoms with van der Waals surface area (Å²) in [5, 5.41) is 3.49. The highest BCUT2D eigenvalue weighted by Gasteiger charge is 2.11. The lowest BCUT2D eigenvalue weighted by Crippen LogP contribution is -2.21. The highest BCUT2D eigenvalue weighted by atomic mass is 16.1. The van der Waals surface area contributed by atoms with Crippen LogP contribution in [0.15, 0.2) is 53.4 Å². The van der Waals surface area contributed by atoms with Gasteiger partial charge in [-0.25, -0.2) is 4.98 Å². The number of hydrogen-bond donors (Lipinski definition) is 2. The fourth-order valence-corrected chi connectivity index (χ4v) is 3.64. The van der Waals surface area contributed by atoms with E-state index in [2.05, 4.69) is 67.5 Å². The zero-order chi connectivity index (χ0) is 22.3. The molecule has 1 heterocycles. The van der Waals surface area contributed by atoms with Gasteiger partial charge in [0, 0.05) is 12.0 Å². The number of nitrogens with zero attached hydrogens (tertiary/aromatic N) is 1. The third-order valence-electron chi connectivity index (χ3n) is 5.46. The summed E-state index contributed by atoms with van der Waals surface area (Å²) >= 11 is 0. The van der Waals surface area contributed by atoms with Crippen LogP contribution >= 0.6 is 0 Å². The minimum Gasteiger partial charge on any atom is -0.316 e. The third kappa shape index (κ3) is 9.06. The summed E-state index contributed by atoms with van der Waals surface area (Å²) in [6.45, 7) is 8.32. The van der Waals surface area contributed by atoms with E-state index in [9.17, 15) is 4.79 Å². The van der Waals surface area contributed by atoms with Crippen LogP contribution < -0.4 is 10.9 Å². The fraction of sp³-hybridized carbons (Fsp3) is 0.481. The molecule has 31 heavy (non-hydrogen) atoms. The molecule has 0 aliphatic rings. The van der Waals surface area contributed by atoms with E-state index in [1.54, 1.807) is 0 Å². The van der Waals surface area contributed by atoms with Crippen molar-refractivity contribution in [2.75, 3.05) is 13.1 Å². The smallest absolute Gasteiger partial charge is 0.254 e. The van der Waals surface area contributed by atoms with E-state index in [1.165, 1.54) is 11.1 Å². The lowest BCUT2D eigenvalue weighted by atomic mass is 10.0. The lowest BCUT2D eigenvalue weighted by Gasteiger charge is -2.10. The van der Waals surface area contributed by atoms with Crippen molar-refractivity contribution in [3.8, 4) is 0 Å². The molecule has 0 spiro atoms. The van der Waals surface area contributed by atoms with Crippen molar-refractivity contribution >= 4 is 0 Å². The van der Waals surface area contributed by atoms with E-state index < -0.39 is 0 Å².